The number of amides is 1. The third-order valence-corrected chi connectivity index (χ3v) is 2.39. The van der Waals surface area contributed by atoms with Crippen LogP contribution >= 0.6 is 0 Å². The lowest BCUT2D eigenvalue weighted by Gasteiger charge is -2.04. The highest BCUT2D eigenvalue weighted by molar-refractivity contribution is 5.88. The molecule has 0 bridgehead atoms. The van der Waals surface area contributed by atoms with Crippen LogP contribution in [0.3, 0.4) is 0 Å². The van der Waals surface area contributed by atoms with Crippen LogP contribution in [-0.4, -0.2) is 10.9 Å². The lowest BCUT2D eigenvalue weighted by molar-refractivity contribution is -0.114. The van der Waals surface area contributed by atoms with E-state index in [9.17, 15) is 4.79 Å². The number of hydrogen-bond donors (Lipinski definition) is 1. The highest BCUT2D eigenvalue weighted by Crippen LogP contribution is 2.19. The SMILES string of the molecule is CC(=O)Nc1ccc(-c2cccc(C)n2)cc1. The molecule has 1 N–H and O–H groups in total. The lowest BCUT2D eigenvalue weighted by Crippen LogP contribution is -2.05. The van der Waals surface area contributed by atoms with Crippen molar-refractivity contribution in [3.05, 3.63) is 48.2 Å². The Morgan fingerprint density at radius 1 is 1.12 bits per heavy atom. The summed E-state index contributed by atoms with van der Waals surface area (Å²) in [6, 6.07) is 13.6. The van der Waals surface area contributed by atoms with Crippen molar-refractivity contribution in [2.75, 3.05) is 5.32 Å². The molecule has 2 aromatic rings. The smallest absolute Gasteiger partial charge is 0.221 e. The van der Waals surface area contributed by atoms with E-state index >= 15 is 0 Å². The molecule has 3 nitrogen and oxygen atoms in total. The average molecular weight is 226 g/mol. The molecule has 1 heterocycles. The van der Waals surface area contributed by atoms with E-state index in [1.54, 1.807) is 0 Å². The van der Waals surface area contributed by atoms with Gasteiger partial charge in [-0.05, 0) is 31.2 Å². The topological polar surface area (TPSA) is 42.0 Å². The highest BCUT2D eigenvalue weighted by Gasteiger charge is 2.00. The third kappa shape index (κ3) is 2.91. The second kappa shape index (κ2) is 4.78. The van der Waals surface area contributed by atoms with Gasteiger partial charge in [-0.15, -0.1) is 0 Å². The summed E-state index contributed by atoms with van der Waals surface area (Å²) in [6.45, 7) is 3.46. The van der Waals surface area contributed by atoms with Gasteiger partial charge in [0.1, 0.15) is 0 Å². The van der Waals surface area contributed by atoms with Gasteiger partial charge in [0, 0.05) is 23.9 Å². The molecule has 1 aromatic heterocycles. The molecule has 1 aromatic carbocycles. The van der Waals surface area contributed by atoms with Gasteiger partial charge in [-0.3, -0.25) is 9.78 Å². The van der Waals surface area contributed by atoms with Crippen LogP contribution < -0.4 is 5.32 Å². The van der Waals surface area contributed by atoms with E-state index in [0.29, 0.717) is 0 Å². The molecule has 0 aliphatic rings. The lowest BCUT2D eigenvalue weighted by atomic mass is 10.1. The van der Waals surface area contributed by atoms with Gasteiger partial charge in [0.2, 0.25) is 5.91 Å². The van der Waals surface area contributed by atoms with Crippen LogP contribution in [0, 0.1) is 6.92 Å². The number of carbonyl (C=O) groups is 1. The molecule has 0 spiro atoms. The Morgan fingerprint density at radius 2 is 1.82 bits per heavy atom. The minimum atomic E-state index is -0.0635. The Hall–Kier alpha value is -2.16. The molecule has 0 aliphatic heterocycles. The summed E-state index contributed by atoms with van der Waals surface area (Å²) < 4.78 is 0. The maximum atomic E-state index is 10.9. The van der Waals surface area contributed by atoms with Gasteiger partial charge in [-0.25, -0.2) is 0 Å². The predicted molar refractivity (Wildman–Crippen MR) is 68.7 cm³/mol. The highest BCUT2D eigenvalue weighted by atomic mass is 16.1. The first-order chi connectivity index (χ1) is 8.15. The predicted octanol–water partition coefficient (Wildman–Crippen LogP) is 3.02. The molecular formula is C14H14N2O. The van der Waals surface area contributed by atoms with Crippen LogP contribution in [0.25, 0.3) is 11.3 Å². The first kappa shape index (κ1) is 11.3. The van der Waals surface area contributed by atoms with Crippen LogP contribution in [0.4, 0.5) is 5.69 Å². The summed E-state index contributed by atoms with van der Waals surface area (Å²) in [5, 5.41) is 2.74. The standard InChI is InChI=1S/C14H14N2O/c1-10-4-3-5-14(15-10)12-6-8-13(9-7-12)16-11(2)17/h3-9H,1-2H3,(H,16,17). The molecule has 0 atom stereocenters. The fraction of sp³-hybridized carbons (Fsp3) is 0.143. The minimum Gasteiger partial charge on any atom is -0.326 e. The summed E-state index contributed by atoms with van der Waals surface area (Å²) in [5.74, 6) is -0.0635. The molecule has 1 amide bonds. The van der Waals surface area contributed by atoms with E-state index in [1.807, 2.05) is 49.4 Å². The van der Waals surface area contributed by atoms with E-state index in [0.717, 1.165) is 22.6 Å². The quantitative estimate of drug-likeness (QED) is 0.855. The van der Waals surface area contributed by atoms with Crippen LogP contribution in [0.5, 0.6) is 0 Å². The van der Waals surface area contributed by atoms with E-state index in [2.05, 4.69) is 10.3 Å². The van der Waals surface area contributed by atoms with Gasteiger partial charge in [0.15, 0.2) is 0 Å². The van der Waals surface area contributed by atoms with Crippen molar-refractivity contribution in [2.24, 2.45) is 0 Å². The number of aryl methyl sites for hydroxylation is 1. The van der Waals surface area contributed by atoms with Gasteiger partial charge in [-0.1, -0.05) is 18.2 Å². The van der Waals surface area contributed by atoms with Crippen LogP contribution in [-0.2, 0) is 4.79 Å². The zero-order valence-corrected chi connectivity index (χ0v) is 9.90. The molecular weight excluding hydrogens is 212 g/mol. The monoisotopic (exact) mass is 226 g/mol. The molecule has 0 saturated heterocycles. The summed E-state index contributed by atoms with van der Waals surface area (Å²) in [7, 11) is 0. The Morgan fingerprint density at radius 3 is 2.41 bits per heavy atom. The van der Waals surface area contributed by atoms with Crippen molar-refractivity contribution in [3.63, 3.8) is 0 Å². The fourth-order valence-electron chi connectivity index (χ4n) is 1.63. The maximum Gasteiger partial charge on any atom is 0.221 e. The van der Waals surface area contributed by atoms with E-state index in [1.165, 1.54) is 6.92 Å². The molecule has 17 heavy (non-hydrogen) atoms. The molecule has 0 radical (unpaired) electrons. The van der Waals surface area contributed by atoms with Crippen molar-refractivity contribution >= 4 is 11.6 Å². The van der Waals surface area contributed by atoms with Gasteiger partial charge in [-0.2, -0.15) is 0 Å². The summed E-state index contributed by atoms with van der Waals surface area (Å²) in [4.78, 5) is 15.3. The van der Waals surface area contributed by atoms with E-state index in [-0.39, 0.29) is 5.91 Å². The van der Waals surface area contributed by atoms with Gasteiger partial charge in [0.05, 0.1) is 5.69 Å². The Kier molecular flexibility index (Phi) is 3.19. The van der Waals surface area contributed by atoms with E-state index in [4.69, 9.17) is 0 Å². The first-order valence-corrected chi connectivity index (χ1v) is 5.47. The molecule has 86 valence electrons. The van der Waals surface area contributed by atoms with Gasteiger partial charge < -0.3 is 5.32 Å². The van der Waals surface area contributed by atoms with Gasteiger partial charge >= 0.3 is 0 Å². The van der Waals surface area contributed by atoms with Crippen molar-refractivity contribution in [1.82, 2.24) is 4.98 Å². The fourth-order valence-corrected chi connectivity index (χ4v) is 1.63. The summed E-state index contributed by atoms with van der Waals surface area (Å²) in [6.07, 6.45) is 0. The maximum absolute atomic E-state index is 10.9. The number of carbonyl (C=O) groups excluding carboxylic acids is 1. The molecule has 3 heteroatoms. The molecule has 0 aliphatic carbocycles. The largest absolute Gasteiger partial charge is 0.326 e. The second-order valence-corrected chi connectivity index (χ2v) is 3.92. The molecule has 0 saturated carbocycles. The average Bonchev–Trinajstić information content (AvgIpc) is 2.29. The number of benzene rings is 1. The van der Waals surface area contributed by atoms with Crippen LogP contribution in [0.2, 0.25) is 0 Å². The number of anilines is 1. The van der Waals surface area contributed by atoms with Crippen LogP contribution in [0.1, 0.15) is 12.6 Å². The van der Waals surface area contributed by atoms with Crippen LogP contribution in [0.15, 0.2) is 42.5 Å². The number of pyridine rings is 1. The summed E-state index contributed by atoms with van der Waals surface area (Å²) >= 11 is 0. The minimum absolute atomic E-state index is 0.0635. The zero-order valence-electron chi connectivity index (χ0n) is 9.90. The Balaban J connectivity index is 2.26. The first-order valence-electron chi connectivity index (χ1n) is 5.47. The third-order valence-electron chi connectivity index (χ3n) is 2.39. The number of nitrogens with one attached hydrogen (secondary N) is 1. The summed E-state index contributed by atoms with van der Waals surface area (Å²) in [5.41, 5.74) is 3.78. The van der Waals surface area contributed by atoms with E-state index < -0.39 is 0 Å². The van der Waals surface area contributed by atoms with Crippen molar-refractivity contribution in [2.45, 2.75) is 13.8 Å². The van der Waals surface area contributed by atoms with Crippen molar-refractivity contribution in [1.29, 1.82) is 0 Å². The van der Waals surface area contributed by atoms with Crippen molar-refractivity contribution < 1.29 is 4.79 Å². The Labute approximate surface area is 101 Å². The number of aromatic nitrogens is 1. The van der Waals surface area contributed by atoms with Gasteiger partial charge in [0.25, 0.3) is 0 Å². The second-order valence-electron chi connectivity index (χ2n) is 3.92. The number of hydrogen-bond acceptors (Lipinski definition) is 2. The molecule has 0 fully saturated rings. The Bertz CT molecular complexity index is 532. The molecule has 0 unspecified atom stereocenters. The molecule has 2 rings (SSSR count). The van der Waals surface area contributed by atoms with Crippen molar-refractivity contribution in [3.8, 4) is 11.3 Å². The zero-order chi connectivity index (χ0) is 12.3. The number of nitrogens with zero attached hydrogens (tertiary/aromatic N) is 1. The normalized spacial score (nSPS) is 10.0. The number of rotatable bonds is 2.